The number of hydrogen-bond donors (Lipinski definition) is 1. The van der Waals surface area contributed by atoms with Crippen molar-refractivity contribution in [2.75, 3.05) is 69.3 Å². The van der Waals surface area contributed by atoms with Crippen molar-refractivity contribution in [3.05, 3.63) is 34.8 Å². The van der Waals surface area contributed by atoms with Gasteiger partial charge in [0.2, 0.25) is 5.95 Å². The molecule has 0 spiro atoms. The average molecular weight is 547 g/mol. The molecule has 6 rings (SSSR count). The maximum absolute atomic E-state index is 14.3. The molecule has 0 aliphatic carbocycles. The van der Waals surface area contributed by atoms with Crippen LogP contribution in [0.15, 0.2) is 12.3 Å². The number of piperazine rings is 1. The Kier molecular flexibility index (Phi) is 7.28. The first-order valence-corrected chi connectivity index (χ1v) is 14.0. The highest BCUT2D eigenvalue weighted by molar-refractivity contribution is 5.71. The van der Waals surface area contributed by atoms with Crippen molar-refractivity contribution in [1.82, 2.24) is 30.0 Å². The predicted octanol–water partition coefficient (Wildman–Crippen LogP) is 2.91. The molecule has 0 amide bonds. The summed E-state index contributed by atoms with van der Waals surface area (Å²) in [6.07, 6.45) is 3.10. The number of anilines is 2. The molecule has 2 aromatic rings. The van der Waals surface area contributed by atoms with E-state index >= 15 is 0 Å². The fraction of sp³-hybridized carbons (Fsp3) is 0.667. The van der Waals surface area contributed by atoms with Crippen molar-refractivity contribution in [2.45, 2.75) is 56.9 Å². The van der Waals surface area contributed by atoms with Gasteiger partial charge in [0, 0.05) is 76.1 Å². The van der Waals surface area contributed by atoms with Crippen LogP contribution in [-0.4, -0.2) is 96.3 Å². The van der Waals surface area contributed by atoms with E-state index in [-0.39, 0.29) is 23.5 Å². The lowest BCUT2D eigenvalue weighted by Crippen LogP contribution is -2.69. The van der Waals surface area contributed by atoms with Crippen LogP contribution in [0.5, 0.6) is 0 Å². The van der Waals surface area contributed by atoms with E-state index in [0.29, 0.717) is 51.1 Å². The third-order valence-corrected chi connectivity index (χ3v) is 8.71. The lowest BCUT2D eigenvalue weighted by Gasteiger charge is -2.54. The van der Waals surface area contributed by atoms with Crippen molar-refractivity contribution < 1.29 is 17.9 Å². The zero-order valence-corrected chi connectivity index (χ0v) is 22.6. The van der Waals surface area contributed by atoms with Crippen LogP contribution < -0.4 is 15.1 Å². The Hall–Kier alpha value is -2.70. The molecule has 2 atom stereocenters. The van der Waals surface area contributed by atoms with Crippen LogP contribution in [0.2, 0.25) is 0 Å². The molecule has 4 aliphatic rings. The molecule has 0 aromatic carbocycles. The fourth-order valence-corrected chi connectivity index (χ4v) is 6.66. The fourth-order valence-electron chi connectivity index (χ4n) is 6.66. The van der Waals surface area contributed by atoms with Crippen molar-refractivity contribution >= 4 is 17.8 Å². The van der Waals surface area contributed by atoms with Crippen molar-refractivity contribution in [2.24, 2.45) is 0 Å². The number of aromatic nitrogens is 4. The first-order chi connectivity index (χ1) is 18.8. The minimum atomic E-state index is -4.56. The molecule has 2 aromatic heterocycles. The number of methoxy groups -OCH3 is 1. The van der Waals surface area contributed by atoms with Gasteiger partial charge in [-0.2, -0.15) is 23.3 Å². The molecular weight excluding hydrogens is 509 g/mol. The van der Waals surface area contributed by atoms with Crippen LogP contribution in [0, 0.1) is 6.92 Å². The SMILES string of the molecule is COCCn1ncc(C)c1C1CCN(c2nc3c(c(C(F)(F)F)n2)C=CC[C@H]2[C@H](N4CCNCC4)CN32)CC1. The van der Waals surface area contributed by atoms with Crippen LogP contribution in [-0.2, 0) is 17.5 Å². The molecule has 9 nitrogen and oxygen atoms in total. The Morgan fingerprint density at radius 3 is 2.56 bits per heavy atom. The summed E-state index contributed by atoms with van der Waals surface area (Å²) in [5.74, 6) is 0.892. The topological polar surface area (TPSA) is 74.6 Å². The molecule has 0 saturated carbocycles. The maximum atomic E-state index is 14.3. The van der Waals surface area contributed by atoms with Gasteiger partial charge in [0.25, 0.3) is 0 Å². The lowest BCUT2D eigenvalue weighted by atomic mass is 9.91. The second-order valence-corrected chi connectivity index (χ2v) is 11.0. The molecule has 3 saturated heterocycles. The Balaban J connectivity index is 1.25. The molecular formula is C27H37F3N8O. The first kappa shape index (κ1) is 26.5. The number of nitrogens with zero attached hydrogens (tertiary/aromatic N) is 7. The second-order valence-electron chi connectivity index (χ2n) is 11.0. The zero-order chi connectivity index (χ0) is 27.1. The van der Waals surface area contributed by atoms with Crippen molar-refractivity contribution in [1.29, 1.82) is 0 Å². The number of hydrogen-bond acceptors (Lipinski definition) is 8. The molecule has 4 aliphatic heterocycles. The first-order valence-electron chi connectivity index (χ1n) is 14.0. The third-order valence-electron chi connectivity index (χ3n) is 8.71. The van der Waals surface area contributed by atoms with Gasteiger partial charge in [-0.1, -0.05) is 12.2 Å². The van der Waals surface area contributed by atoms with Gasteiger partial charge in [-0.15, -0.1) is 0 Å². The summed E-state index contributed by atoms with van der Waals surface area (Å²) in [7, 11) is 1.67. The minimum Gasteiger partial charge on any atom is -0.383 e. The van der Waals surface area contributed by atoms with Gasteiger partial charge in [-0.3, -0.25) is 9.58 Å². The highest BCUT2D eigenvalue weighted by Crippen LogP contribution is 2.43. The molecule has 1 N–H and O–H groups in total. The Morgan fingerprint density at radius 2 is 1.85 bits per heavy atom. The summed E-state index contributed by atoms with van der Waals surface area (Å²) in [5, 5.41) is 7.90. The molecule has 12 heteroatoms. The zero-order valence-electron chi connectivity index (χ0n) is 22.6. The summed E-state index contributed by atoms with van der Waals surface area (Å²) in [5.41, 5.74) is 1.60. The Labute approximate surface area is 227 Å². The summed E-state index contributed by atoms with van der Waals surface area (Å²) in [4.78, 5) is 15.4. The number of nitrogens with one attached hydrogen (secondary N) is 1. The summed E-state index contributed by atoms with van der Waals surface area (Å²) < 4.78 is 50.2. The van der Waals surface area contributed by atoms with Gasteiger partial charge in [0.15, 0.2) is 5.69 Å². The van der Waals surface area contributed by atoms with Crippen molar-refractivity contribution in [3.8, 4) is 0 Å². The van der Waals surface area contributed by atoms with Crippen LogP contribution in [0.1, 0.15) is 47.7 Å². The monoisotopic (exact) mass is 546 g/mol. The van der Waals surface area contributed by atoms with Gasteiger partial charge in [-0.25, -0.2) is 4.98 Å². The number of ether oxygens (including phenoxy) is 1. The second kappa shape index (κ2) is 10.7. The van der Waals surface area contributed by atoms with Crippen molar-refractivity contribution in [3.63, 3.8) is 0 Å². The molecule has 0 radical (unpaired) electrons. The van der Waals surface area contributed by atoms with Gasteiger partial charge in [0.05, 0.1) is 25.4 Å². The average Bonchev–Trinajstić information content (AvgIpc) is 3.22. The number of alkyl halides is 3. The van der Waals surface area contributed by atoms with Crippen LogP contribution >= 0.6 is 0 Å². The largest absolute Gasteiger partial charge is 0.434 e. The Morgan fingerprint density at radius 1 is 1.08 bits per heavy atom. The number of halogens is 3. The third kappa shape index (κ3) is 5.02. The van der Waals surface area contributed by atoms with Crippen LogP contribution in [0.25, 0.3) is 6.08 Å². The molecule has 3 fully saturated rings. The van der Waals surface area contributed by atoms with E-state index in [0.717, 1.165) is 44.6 Å². The number of aryl methyl sites for hydroxylation is 1. The van der Waals surface area contributed by atoms with Crippen LogP contribution in [0.3, 0.4) is 0 Å². The predicted molar refractivity (Wildman–Crippen MR) is 143 cm³/mol. The summed E-state index contributed by atoms with van der Waals surface area (Å²) >= 11 is 0. The van der Waals surface area contributed by atoms with E-state index in [9.17, 15) is 13.2 Å². The van der Waals surface area contributed by atoms with Gasteiger partial charge in [-0.05, 0) is 31.7 Å². The van der Waals surface area contributed by atoms with E-state index in [1.54, 1.807) is 13.2 Å². The molecule has 0 bridgehead atoms. The normalized spacial score (nSPS) is 24.3. The maximum Gasteiger partial charge on any atom is 0.434 e. The van der Waals surface area contributed by atoms with E-state index in [1.807, 2.05) is 21.9 Å². The van der Waals surface area contributed by atoms with E-state index in [4.69, 9.17) is 9.72 Å². The minimum absolute atomic E-state index is 0.0973. The van der Waals surface area contributed by atoms with E-state index in [1.165, 1.54) is 5.69 Å². The quantitative estimate of drug-likeness (QED) is 0.593. The van der Waals surface area contributed by atoms with E-state index < -0.39 is 11.9 Å². The lowest BCUT2D eigenvalue weighted by molar-refractivity contribution is -0.141. The van der Waals surface area contributed by atoms with Gasteiger partial charge in [0.1, 0.15) is 5.82 Å². The highest BCUT2D eigenvalue weighted by atomic mass is 19.4. The van der Waals surface area contributed by atoms with Gasteiger partial charge >= 0.3 is 6.18 Å². The summed E-state index contributed by atoms with van der Waals surface area (Å²) in [6, 6.07) is 0.461. The molecule has 6 heterocycles. The smallest absolute Gasteiger partial charge is 0.383 e. The highest BCUT2D eigenvalue weighted by Gasteiger charge is 2.47. The molecule has 0 unspecified atom stereocenters. The van der Waals surface area contributed by atoms with E-state index in [2.05, 4.69) is 32.1 Å². The molecule has 212 valence electrons. The summed E-state index contributed by atoms with van der Waals surface area (Å²) in [6.45, 7) is 9.04. The number of fused-ring (bicyclic) bond motifs is 3. The Bertz CT molecular complexity index is 1200. The molecule has 39 heavy (non-hydrogen) atoms. The van der Waals surface area contributed by atoms with Crippen LogP contribution in [0.4, 0.5) is 24.9 Å². The number of piperidine rings is 1. The standard InChI is InChI=1S/C27H37F3N8O/c1-18-16-32-38(14-15-39-2)23(18)19-6-10-36(11-7-19)26-33-24(27(28,29)30)20-4-3-5-21-22(17-37(21)25(20)34-26)35-12-8-31-9-13-35/h3-4,16,19,21-22,31H,5-15,17H2,1-2H3/t21-,22+/m0/s1. The number of rotatable bonds is 6. The van der Waals surface area contributed by atoms with Gasteiger partial charge < -0.3 is 19.9 Å².